The Labute approximate surface area is 106 Å². The lowest BCUT2D eigenvalue weighted by Gasteiger charge is -2.10. The minimum atomic E-state index is -0.143. The third-order valence-corrected chi connectivity index (χ3v) is 2.70. The predicted molar refractivity (Wildman–Crippen MR) is 72.9 cm³/mol. The summed E-state index contributed by atoms with van der Waals surface area (Å²) in [4.78, 5) is 16.3. The van der Waals surface area contributed by atoms with Crippen molar-refractivity contribution in [2.75, 3.05) is 17.7 Å². The number of benzene rings is 1. The molecule has 0 atom stereocenters. The van der Waals surface area contributed by atoms with Crippen molar-refractivity contribution in [1.82, 2.24) is 4.98 Å². The highest BCUT2D eigenvalue weighted by atomic mass is 16.1. The van der Waals surface area contributed by atoms with E-state index in [2.05, 4.69) is 15.6 Å². The average molecular weight is 241 g/mol. The number of nitrogens with one attached hydrogen (secondary N) is 2. The first-order valence-corrected chi connectivity index (χ1v) is 5.72. The van der Waals surface area contributed by atoms with Gasteiger partial charge < -0.3 is 10.6 Å². The largest absolute Gasteiger partial charge is 0.387 e. The maximum Gasteiger partial charge on any atom is 0.257 e. The highest BCUT2D eigenvalue weighted by molar-refractivity contribution is 6.08. The molecule has 0 saturated heterocycles. The first-order valence-electron chi connectivity index (χ1n) is 5.72. The molecule has 0 aliphatic heterocycles. The lowest BCUT2D eigenvalue weighted by atomic mass is 10.1. The number of hydrogen-bond acceptors (Lipinski definition) is 3. The summed E-state index contributed by atoms with van der Waals surface area (Å²) in [5.74, 6) is -0.143. The molecule has 1 aromatic carbocycles. The number of nitrogens with zero attached hydrogens (tertiary/aromatic N) is 1. The van der Waals surface area contributed by atoms with Crippen LogP contribution in [0.2, 0.25) is 0 Å². The van der Waals surface area contributed by atoms with Crippen molar-refractivity contribution in [3.05, 3.63) is 53.9 Å². The Balaban J connectivity index is 2.25. The van der Waals surface area contributed by atoms with Gasteiger partial charge in [0.1, 0.15) is 0 Å². The van der Waals surface area contributed by atoms with E-state index in [4.69, 9.17) is 0 Å². The monoisotopic (exact) mass is 241 g/mol. The normalized spacial score (nSPS) is 9.89. The molecular weight excluding hydrogens is 226 g/mol. The van der Waals surface area contributed by atoms with Crippen LogP contribution < -0.4 is 10.6 Å². The Morgan fingerprint density at radius 2 is 1.83 bits per heavy atom. The van der Waals surface area contributed by atoms with Gasteiger partial charge in [0.25, 0.3) is 5.91 Å². The maximum atomic E-state index is 12.2. The minimum absolute atomic E-state index is 0.143. The van der Waals surface area contributed by atoms with Crippen molar-refractivity contribution < 1.29 is 4.79 Å². The second kappa shape index (κ2) is 5.31. The van der Waals surface area contributed by atoms with E-state index < -0.39 is 0 Å². The smallest absolute Gasteiger partial charge is 0.257 e. The van der Waals surface area contributed by atoms with Crippen molar-refractivity contribution in [2.24, 2.45) is 0 Å². The van der Waals surface area contributed by atoms with Crippen LogP contribution in [0, 0.1) is 6.92 Å². The Kier molecular flexibility index (Phi) is 3.57. The zero-order chi connectivity index (χ0) is 13.0. The summed E-state index contributed by atoms with van der Waals surface area (Å²) in [6.45, 7) is 1.86. The first-order chi connectivity index (χ1) is 8.72. The molecule has 2 rings (SSSR count). The van der Waals surface area contributed by atoms with E-state index in [1.54, 1.807) is 25.4 Å². The molecular formula is C14H15N3O. The molecule has 0 aliphatic rings. The van der Waals surface area contributed by atoms with Gasteiger partial charge >= 0.3 is 0 Å². The number of aromatic nitrogens is 1. The molecule has 1 aromatic heterocycles. The Morgan fingerprint density at radius 3 is 2.56 bits per heavy atom. The van der Waals surface area contributed by atoms with Crippen LogP contribution in [0.3, 0.4) is 0 Å². The van der Waals surface area contributed by atoms with E-state index in [0.29, 0.717) is 5.56 Å². The van der Waals surface area contributed by atoms with Gasteiger partial charge in [0.05, 0.1) is 16.9 Å². The predicted octanol–water partition coefficient (Wildman–Crippen LogP) is 2.68. The van der Waals surface area contributed by atoms with E-state index in [1.807, 2.05) is 31.2 Å². The minimum Gasteiger partial charge on any atom is -0.387 e. The third kappa shape index (κ3) is 2.48. The van der Waals surface area contributed by atoms with Crippen LogP contribution in [0.4, 0.5) is 11.4 Å². The molecule has 1 heterocycles. The fraction of sp³-hybridized carbons (Fsp3) is 0.143. The van der Waals surface area contributed by atoms with Crippen LogP contribution in [-0.4, -0.2) is 17.9 Å². The van der Waals surface area contributed by atoms with Gasteiger partial charge in [-0.05, 0) is 31.2 Å². The van der Waals surface area contributed by atoms with E-state index in [-0.39, 0.29) is 5.91 Å². The summed E-state index contributed by atoms with van der Waals surface area (Å²) in [7, 11) is 1.79. The number of pyridine rings is 1. The van der Waals surface area contributed by atoms with E-state index in [0.717, 1.165) is 17.1 Å². The molecule has 0 saturated carbocycles. The molecule has 0 bridgehead atoms. The number of rotatable bonds is 3. The summed E-state index contributed by atoms with van der Waals surface area (Å²) in [6.07, 6.45) is 1.70. The zero-order valence-electron chi connectivity index (χ0n) is 10.4. The molecule has 1 amide bonds. The summed E-state index contributed by atoms with van der Waals surface area (Å²) < 4.78 is 0. The quantitative estimate of drug-likeness (QED) is 0.868. The number of anilines is 2. The number of para-hydroxylation sites is 1. The fourth-order valence-corrected chi connectivity index (χ4v) is 1.71. The topological polar surface area (TPSA) is 54.0 Å². The molecule has 0 radical (unpaired) electrons. The third-order valence-electron chi connectivity index (χ3n) is 2.70. The van der Waals surface area contributed by atoms with Crippen LogP contribution in [0.25, 0.3) is 0 Å². The zero-order valence-corrected chi connectivity index (χ0v) is 10.4. The molecule has 0 aliphatic carbocycles. The van der Waals surface area contributed by atoms with E-state index >= 15 is 0 Å². The molecule has 2 aromatic rings. The number of hydrogen-bond donors (Lipinski definition) is 2. The molecule has 0 spiro atoms. The van der Waals surface area contributed by atoms with Crippen molar-refractivity contribution >= 4 is 17.3 Å². The lowest BCUT2D eigenvalue weighted by molar-refractivity contribution is 0.102. The Hall–Kier alpha value is -2.36. The number of carbonyl (C=O) groups is 1. The summed E-state index contributed by atoms with van der Waals surface area (Å²) in [5, 5.41) is 5.86. The molecule has 0 fully saturated rings. The average Bonchev–Trinajstić information content (AvgIpc) is 2.41. The van der Waals surface area contributed by atoms with Crippen LogP contribution in [0.5, 0.6) is 0 Å². The van der Waals surface area contributed by atoms with Crippen LogP contribution >= 0.6 is 0 Å². The molecule has 92 valence electrons. The molecule has 2 N–H and O–H groups in total. The first kappa shape index (κ1) is 12.1. The fourth-order valence-electron chi connectivity index (χ4n) is 1.71. The van der Waals surface area contributed by atoms with Gasteiger partial charge in [-0.25, -0.2) is 0 Å². The SMILES string of the molecule is CNc1ccccc1C(=O)Nc1cccnc1C. The highest BCUT2D eigenvalue weighted by Crippen LogP contribution is 2.17. The molecule has 4 nitrogen and oxygen atoms in total. The number of carbonyl (C=O) groups excluding carboxylic acids is 1. The van der Waals surface area contributed by atoms with Gasteiger partial charge in [-0.3, -0.25) is 9.78 Å². The van der Waals surface area contributed by atoms with Crippen molar-refractivity contribution in [3.63, 3.8) is 0 Å². The van der Waals surface area contributed by atoms with Crippen LogP contribution in [0.15, 0.2) is 42.6 Å². The van der Waals surface area contributed by atoms with Crippen LogP contribution in [-0.2, 0) is 0 Å². The Bertz CT molecular complexity index is 566. The van der Waals surface area contributed by atoms with Gasteiger partial charge in [0.15, 0.2) is 0 Å². The second-order valence-electron chi connectivity index (χ2n) is 3.89. The highest BCUT2D eigenvalue weighted by Gasteiger charge is 2.11. The van der Waals surface area contributed by atoms with E-state index in [9.17, 15) is 4.79 Å². The number of aryl methyl sites for hydroxylation is 1. The molecule has 4 heteroatoms. The van der Waals surface area contributed by atoms with Gasteiger partial charge in [-0.15, -0.1) is 0 Å². The lowest BCUT2D eigenvalue weighted by Crippen LogP contribution is -2.14. The Morgan fingerprint density at radius 1 is 1.11 bits per heavy atom. The van der Waals surface area contributed by atoms with Gasteiger partial charge in [0, 0.05) is 18.9 Å². The van der Waals surface area contributed by atoms with Gasteiger partial charge in [0.2, 0.25) is 0 Å². The van der Waals surface area contributed by atoms with E-state index in [1.165, 1.54) is 0 Å². The summed E-state index contributed by atoms with van der Waals surface area (Å²) in [6, 6.07) is 11.0. The molecule has 0 unspecified atom stereocenters. The van der Waals surface area contributed by atoms with Crippen molar-refractivity contribution in [2.45, 2.75) is 6.92 Å². The molecule has 18 heavy (non-hydrogen) atoms. The summed E-state index contributed by atoms with van der Waals surface area (Å²) >= 11 is 0. The van der Waals surface area contributed by atoms with Crippen molar-refractivity contribution in [1.29, 1.82) is 0 Å². The standard InChI is InChI=1S/C14H15N3O/c1-10-12(8-5-9-16-10)17-14(18)11-6-3-4-7-13(11)15-2/h3-9,15H,1-2H3,(H,17,18). The van der Waals surface area contributed by atoms with Crippen LogP contribution in [0.1, 0.15) is 16.1 Å². The van der Waals surface area contributed by atoms with Gasteiger partial charge in [-0.1, -0.05) is 12.1 Å². The van der Waals surface area contributed by atoms with Gasteiger partial charge in [-0.2, -0.15) is 0 Å². The summed E-state index contributed by atoms with van der Waals surface area (Å²) in [5.41, 5.74) is 2.95. The number of amides is 1. The maximum absolute atomic E-state index is 12.2. The second-order valence-corrected chi connectivity index (χ2v) is 3.89. The van der Waals surface area contributed by atoms with Crippen molar-refractivity contribution in [3.8, 4) is 0 Å².